The maximum Gasteiger partial charge on any atom is 0.416 e. The minimum absolute atomic E-state index is 0.0432. The molecule has 0 unspecified atom stereocenters. The molecule has 35 heavy (non-hydrogen) atoms. The van der Waals surface area contributed by atoms with Crippen LogP contribution < -0.4 is 10.2 Å². The molecule has 1 aromatic heterocycles. The lowest BCUT2D eigenvalue weighted by Gasteiger charge is -2.21. The summed E-state index contributed by atoms with van der Waals surface area (Å²) >= 11 is 0. The van der Waals surface area contributed by atoms with Crippen LogP contribution in [0.1, 0.15) is 55.2 Å². The molecule has 2 aromatic rings. The number of halogens is 3. The Bertz CT molecular complexity index is 1140. The van der Waals surface area contributed by atoms with Crippen LogP contribution in [0.4, 0.5) is 13.2 Å². The quantitative estimate of drug-likeness (QED) is 0.590. The zero-order chi connectivity index (χ0) is 26.0. The maximum absolute atomic E-state index is 13.4. The minimum atomic E-state index is -4.65. The van der Waals surface area contributed by atoms with Gasteiger partial charge in [-0.1, -0.05) is 26.8 Å². The van der Waals surface area contributed by atoms with Gasteiger partial charge in [-0.2, -0.15) is 18.2 Å². The van der Waals surface area contributed by atoms with E-state index >= 15 is 0 Å². The third-order valence-corrected chi connectivity index (χ3v) is 5.85. The number of aliphatic hydroxyl groups excluding tert-OH is 1. The van der Waals surface area contributed by atoms with E-state index in [2.05, 4.69) is 11.6 Å². The average molecular weight is 496 g/mol. The van der Waals surface area contributed by atoms with E-state index in [-0.39, 0.29) is 29.4 Å². The number of carbonyl (C=O) groups excluding carboxylic acids is 1. The summed E-state index contributed by atoms with van der Waals surface area (Å²) in [7, 11) is 1.86. The van der Waals surface area contributed by atoms with Crippen molar-refractivity contribution in [1.82, 2.24) is 9.36 Å². The summed E-state index contributed by atoms with van der Waals surface area (Å²) in [6.07, 6.45) is -2.71. The minimum Gasteiger partial charge on any atom is -0.490 e. The Balaban J connectivity index is 2.09. The fraction of sp³-hybridized carbons (Fsp3) is 0.520. The van der Waals surface area contributed by atoms with Gasteiger partial charge in [0.1, 0.15) is 18.5 Å². The Morgan fingerprint density at radius 1 is 1.34 bits per heavy atom. The van der Waals surface area contributed by atoms with Gasteiger partial charge in [-0.05, 0) is 31.0 Å². The number of nitrogens with zero attached hydrogens (tertiary/aromatic N) is 3. The van der Waals surface area contributed by atoms with E-state index in [1.54, 1.807) is 6.07 Å². The molecule has 0 radical (unpaired) electrons. The van der Waals surface area contributed by atoms with E-state index in [1.807, 2.05) is 37.2 Å². The first kappa shape index (κ1) is 26.7. The SMILES string of the molecule is C=C[C@H](O)COc1ccc(C(F)(F)F)cc1C(=O)/N=c1\cc(C(C)(C)C)n(C)n1C[C@H]1CCCO1. The summed E-state index contributed by atoms with van der Waals surface area (Å²) in [6.45, 7) is 10.3. The second-order valence-corrected chi connectivity index (χ2v) is 9.62. The summed E-state index contributed by atoms with van der Waals surface area (Å²) in [5, 5.41) is 9.70. The molecule has 1 aromatic carbocycles. The van der Waals surface area contributed by atoms with E-state index in [0.29, 0.717) is 18.6 Å². The van der Waals surface area contributed by atoms with Crippen LogP contribution in [0.25, 0.3) is 0 Å². The van der Waals surface area contributed by atoms with Gasteiger partial charge in [0.2, 0.25) is 0 Å². The van der Waals surface area contributed by atoms with Crippen molar-refractivity contribution < 1.29 is 32.5 Å². The van der Waals surface area contributed by atoms with Gasteiger partial charge in [-0.3, -0.25) is 14.2 Å². The molecule has 1 aliphatic rings. The van der Waals surface area contributed by atoms with Gasteiger partial charge in [0, 0.05) is 30.8 Å². The molecule has 7 nitrogen and oxygen atoms in total. The molecule has 0 spiro atoms. The van der Waals surface area contributed by atoms with Crippen LogP contribution in [-0.2, 0) is 29.9 Å². The molecule has 0 aliphatic carbocycles. The molecule has 1 saturated heterocycles. The number of rotatable bonds is 7. The van der Waals surface area contributed by atoms with Gasteiger partial charge in [0.15, 0.2) is 5.49 Å². The molecule has 2 atom stereocenters. The third-order valence-electron chi connectivity index (χ3n) is 5.85. The van der Waals surface area contributed by atoms with Crippen molar-refractivity contribution in [2.24, 2.45) is 12.0 Å². The molecule has 0 saturated carbocycles. The van der Waals surface area contributed by atoms with Crippen molar-refractivity contribution in [3.05, 3.63) is 59.2 Å². The van der Waals surface area contributed by atoms with Gasteiger partial charge in [-0.25, -0.2) is 0 Å². The van der Waals surface area contributed by atoms with Gasteiger partial charge in [0.25, 0.3) is 5.91 Å². The molecular weight excluding hydrogens is 463 g/mol. The number of aromatic nitrogens is 2. The van der Waals surface area contributed by atoms with Gasteiger partial charge in [-0.15, -0.1) is 6.58 Å². The number of carbonyl (C=O) groups is 1. The Labute approximate surface area is 202 Å². The van der Waals surface area contributed by atoms with Crippen molar-refractivity contribution in [1.29, 1.82) is 0 Å². The Morgan fingerprint density at radius 2 is 2.06 bits per heavy atom. The van der Waals surface area contributed by atoms with Crippen LogP contribution in [0.15, 0.2) is 41.9 Å². The molecule has 3 rings (SSSR count). The summed E-state index contributed by atoms with van der Waals surface area (Å²) in [5.41, 5.74) is -0.400. The van der Waals surface area contributed by atoms with Crippen LogP contribution in [0.2, 0.25) is 0 Å². The number of aliphatic hydroxyl groups is 1. The Kier molecular flexibility index (Phi) is 7.96. The zero-order valence-electron chi connectivity index (χ0n) is 20.4. The first-order valence-electron chi connectivity index (χ1n) is 11.4. The van der Waals surface area contributed by atoms with Crippen molar-refractivity contribution in [3.63, 3.8) is 0 Å². The molecule has 192 valence electrons. The lowest BCUT2D eigenvalue weighted by molar-refractivity contribution is -0.137. The molecule has 1 N–H and O–H groups in total. The molecular formula is C25H32F3N3O4. The van der Waals surface area contributed by atoms with E-state index in [1.165, 1.54) is 6.08 Å². The monoisotopic (exact) mass is 495 g/mol. The van der Waals surface area contributed by atoms with E-state index in [9.17, 15) is 23.1 Å². The number of benzene rings is 1. The molecule has 10 heteroatoms. The van der Waals surface area contributed by atoms with Crippen molar-refractivity contribution in [2.45, 2.75) is 64.0 Å². The number of hydrogen-bond donors (Lipinski definition) is 1. The highest BCUT2D eigenvalue weighted by Crippen LogP contribution is 2.33. The fourth-order valence-corrected chi connectivity index (χ4v) is 3.97. The van der Waals surface area contributed by atoms with Crippen molar-refractivity contribution in [3.8, 4) is 5.75 Å². The molecule has 1 fully saturated rings. The second kappa shape index (κ2) is 10.4. The number of ether oxygens (including phenoxy) is 2. The molecule has 0 bridgehead atoms. The number of alkyl halides is 3. The Hall–Kier alpha value is -2.85. The van der Waals surface area contributed by atoms with E-state index in [4.69, 9.17) is 9.47 Å². The molecule has 2 heterocycles. The van der Waals surface area contributed by atoms with Gasteiger partial charge >= 0.3 is 6.18 Å². The summed E-state index contributed by atoms with van der Waals surface area (Å²) in [5.74, 6) is -0.989. The normalized spacial score (nSPS) is 18.1. The topological polar surface area (TPSA) is 78.0 Å². The highest BCUT2D eigenvalue weighted by Gasteiger charge is 2.32. The van der Waals surface area contributed by atoms with Gasteiger partial charge < -0.3 is 14.6 Å². The average Bonchev–Trinajstić information content (AvgIpc) is 3.40. The summed E-state index contributed by atoms with van der Waals surface area (Å²) in [4.78, 5) is 17.5. The predicted molar refractivity (Wildman–Crippen MR) is 124 cm³/mol. The zero-order valence-corrected chi connectivity index (χ0v) is 20.4. The van der Waals surface area contributed by atoms with Crippen molar-refractivity contribution >= 4 is 5.91 Å². The summed E-state index contributed by atoms with van der Waals surface area (Å²) in [6, 6.07) is 4.37. The first-order valence-corrected chi connectivity index (χ1v) is 11.4. The maximum atomic E-state index is 13.4. The smallest absolute Gasteiger partial charge is 0.416 e. The highest BCUT2D eigenvalue weighted by atomic mass is 19.4. The number of amides is 1. The largest absolute Gasteiger partial charge is 0.490 e. The van der Waals surface area contributed by atoms with Crippen LogP contribution in [-0.4, -0.2) is 45.8 Å². The molecule has 1 aliphatic heterocycles. The van der Waals surface area contributed by atoms with E-state index < -0.39 is 23.8 Å². The first-order chi connectivity index (χ1) is 16.3. The van der Waals surface area contributed by atoms with Crippen LogP contribution >= 0.6 is 0 Å². The number of hydrogen-bond acceptors (Lipinski definition) is 4. The van der Waals surface area contributed by atoms with E-state index in [0.717, 1.165) is 36.7 Å². The highest BCUT2D eigenvalue weighted by molar-refractivity contribution is 5.97. The predicted octanol–water partition coefficient (Wildman–Crippen LogP) is 3.99. The third kappa shape index (κ3) is 6.43. The van der Waals surface area contributed by atoms with Gasteiger partial charge in [0.05, 0.1) is 23.8 Å². The standard InChI is InChI=1S/C25H32F3N3O4/c1-6-17(32)15-35-20-10-9-16(25(26,27)28)12-19(20)23(33)29-22-13-21(24(2,3)4)30(5)31(22)14-18-8-7-11-34-18/h6,9-10,12-13,17-18,32H,1,7-8,11,14-15H2,2-5H3/b29-22+/t17-,18+/m0/s1. The van der Waals surface area contributed by atoms with Crippen molar-refractivity contribution in [2.75, 3.05) is 13.2 Å². The van der Waals surface area contributed by atoms with Crippen LogP contribution in [0.5, 0.6) is 5.75 Å². The second-order valence-electron chi connectivity index (χ2n) is 9.62. The van der Waals surface area contributed by atoms with Crippen LogP contribution in [0, 0.1) is 0 Å². The fourth-order valence-electron chi connectivity index (χ4n) is 3.97. The lowest BCUT2D eigenvalue weighted by atomic mass is 9.92. The molecule has 1 amide bonds. The summed E-state index contributed by atoms with van der Waals surface area (Å²) < 4.78 is 55.0. The van der Waals surface area contributed by atoms with Crippen LogP contribution in [0.3, 0.4) is 0 Å². The Morgan fingerprint density at radius 3 is 2.63 bits per heavy atom. The lowest BCUT2D eigenvalue weighted by Crippen LogP contribution is -2.30.